The van der Waals surface area contributed by atoms with Gasteiger partial charge in [-0.05, 0) is 57.4 Å². The summed E-state index contributed by atoms with van der Waals surface area (Å²) in [5.74, 6) is -1.41. The van der Waals surface area contributed by atoms with Crippen LogP contribution in [-0.4, -0.2) is 67.7 Å². The number of aromatic nitrogens is 3. The van der Waals surface area contributed by atoms with Gasteiger partial charge in [0.05, 0.1) is 18.7 Å². The van der Waals surface area contributed by atoms with Crippen molar-refractivity contribution in [2.75, 3.05) is 30.9 Å². The summed E-state index contributed by atoms with van der Waals surface area (Å²) in [6.07, 6.45) is 4.08. The zero-order valence-corrected chi connectivity index (χ0v) is 23.3. The van der Waals surface area contributed by atoms with Gasteiger partial charge in [-0.3, -0.25) is 9.17 Å². The molecule has 14 heteroatoms. The lowest BCUT2D eigenvalue weighted by atomic mass is 9.92. The second-order valence-electron chi connectivity index (χ2n) is 9.93. The van der Waals surface area contributed by atoms with E-state index in [9.17, 15) is 21.2 Å². The molecule has 1 saturated heterocycles. The molecule has 1 aromatic carbocycles. The van der Waals surface area contributed by atoms with Crippen molar-refractivity contribution in [2.24, 2.45) is 0 Å². The Morgan fingerprint density at radius 2 is 1.68 bits per heavy atom. The largest absolute Gasteiger partial charge is 0.351 e. The van der Waals surface area contributed by atoms with Gasteiger partial charge in [0.15, 0.2) is 5.82 Å². The first kappa shape index (κ1) is 28.2. The highest BCUT2D eigenvalue weighted by molar-refractivity contribution is 7.88. The van der Waals surface area contributed by atoms with E-state index in [0.717, 1.165) is 24.8 Å². The molecule has 2 aromatic heterocycles. The Balaban J connectivity index is 1.72. The summed E-state index contributed by atoms with van der Waals surface area (Å²) in [7, 11) is -7.14. The lowest BCUT2D eigenvalue weighted by molar-refractivity contribution is 0.121. The van der Waals surface area contributed by atoms with Gasteiger partial charge in [0.25, 0.3) is 10.1 Å². The van der Waals surface area contributed by atoms with Crippen molar-refractivity contribution >= 4 is 37.0 Å². The molecule has 0 atom stereocenters. The molecule has 0 radical (unpaired) electrons. The molecule has 38 heavy (non-hydrogen) atoms. The van der Waals surface area contributed by atoms with Gasteiger partial charge in [-0.15, -0.1) is 0 Å². The van der Waals surface area contributed by atoms with E-state index >= 15 is 4.39 Å². The van der Waals surface area contributed by atoms with Gasteiger partial charge >= 0.3 is 0 Å². The number of fused-ring (bicyclic) bond motifs is 1. The van der Waals surface area contributed by atoms with Crippen LogP contribution in [0.5, 0.6) is 0 Å². The lowest BCUT2D eigenvalue weighted by Crippen LogP contribution is -2.42. The highest BCUT2D eigenvalue weighted by Crippen LogP contribution is 2.36. The van der Waals surface area contributed by atoms with Gasteiger partial charge < -0.3 is 5.32 Å². The van der Waals surface area contributed by atoms with Crippen LogP contribution >= 0.6 is 0 Å². The molecule has 1 N–H and O–H groups in total. The molecule has 0 amide bonds. The van der Waals surface area contributed by atoms with Crippen molar-refractivity contribution < 1.29 is 29.8 Å². The molecule has 1 fully saturated rings. The second-order valence-corrected chi connectivity index (χ2v) is 13.5. The highest BCUT2D eigenvalue weighted by atomic mass is 32.2. The fourth-order valence-electron chi connectivity index (χ4n) is 4.62. The summed E-state index contributed by atoms with van der Waals surface area (Å²) < 4.78 is 84.2. The van der Waals surface area contributed by atoms with Gasteiger partial charge in [0.2, 0.25) is 16.0 Å². The Hall–Kier alpha value is -2.81. The van der Waals surface area contributed by atoms with E-state index in [2.05, 4.69) is 20.3 Å². The van der Waals surface area contributed by atoms with Crippen molar-refractivity contribution in [3.63, 3.8) is 0 Å². The lowest BCUT2D eigenvalue weighted by Gasteiger charge is -2.30. The van der Waals surface area contributed by atoms with Crippen LogP contribution in [-0.2, 0) is 29.9 Å². The van der Waals surface area contributed by atoms with Gasteiger partial charge in [-0.2, -0.15) is 8.42 Å². The van der Waals surface area contributed by atoms with Crippen LogP contribution in [0.4, 0.5) is 14.7 Å². The van der Waals surface area contributed by atoms with E-state index in [-0.39, 0.29) is 34.2 Å². The van der Waals surface area contributed by atoms with Gasteiger partial charge in [-0.25, -0.2) is 31.5 Å². The number of benzene rings is 1. The Kier molecular flexibility index (Phi) is 7.47. The van der Waals surface area contributed by atoms with Crippen molar-refractivity contribution in [3.8, 4) is 11.3 Å². The Bertz CT molecular complexity index is 1610. The van der Waals surface area contributed by atoms with Crippen LogP contribution in [0.1, 0.15) is 37.9 Å². The number of piperidine rings is 1. The molecule has 0 unspecified atom stereocenters. The topological polar surface area (TPSA) is 131 Å². The predicted molar refractivity (Wildman–Crippen MR) is 139 cm³/mol. The number of anilines is 1. The number of pyridine rings is 1. The van der Waals surface area contributed by atoms with Crippen LogP contribution < -0.4 is 5.32 Å². The molecule has 206 valence electrons. The SMILES string of the molecule is Cc1cc(C(C)(C)OS(C)(=O)=O)c2cc(-c3nc(NC4CCN(S(C)(=O)=O)CC4)ncc3F)cc(F)c2n1. The molecule has 1 aliphatic rings. The molecule has 0 bridgehead atoms. The van der Waals surface area contributed by atoms with Crippen LogP contribution in [0, 0.1) is 18.6 Å². The van der Waals surface area contributed by atoms with Crippen molar-refractivity contribution in [3.05, 3.63) is 47.3 Å². The number of sulfonamides is 1. The molecule has 3 aromatic rings. The summed E-state index contributed by atoms with van der Waals surface area (Å²) in [6, 6.07) is 4.08. The highest BCUT2D eigenvalue weighted by Gasteiger charge is 2.30. The molecule has 0 spiro atoms. The molecule has 0 saturated carbocycles. The first-order valence-electron chi connectivity index (χ1n) is 11.8. The van der Waals surface area contributed by atoms with Crippen LogP contribution in [0.15, 0.2) is 24.4 Å². The molecule has 3 heterocycles. The van der Waals surface area contributed by atoms with Crippen molar-refractivity contribution in [2.45, 2.75) is 45.3 Å². The van der Waals surface area contributed by atoms with E-state index in [1.54, 1.807) is 13.0 Å². The molecule has 0 aliphatic carbocycles. The van der Waals surface area contributed by atoms with Crippen molar-refractivity contribution in [1.29, 1.82) is 0 Å². The summed E-state index contributed by atoms with van der Waals surface area (Å²) in [5, 5.41) is 3.36. The van der Waals surface area contributed by atoms with E-state index in [4.69, 9.17) is 4.18 Å². The Morgan fingerprint density at radius 1 is 1.03 bits per heavy atom. The quantitative estimate of drug-likeness (QED) is 0.426. The second kappa shape index (κ2) is 10.1. The predicted octanol–water partition coefficient (Wildman–Crippen LogP) is 3.33. The monoisotopic (exact) mass is 569 g/mol. The fraction of sp³-hybridized carbons (Fsp3) is 0.458. The van der Waals surface area contributed by atoms with Crippen molar-refractivity contribution in [1.82, 2.24) is 19.3 Å². The number of hydrogen-bond donors (Lipinski definition) is 1. The first-order chi connectivity index (χ1) is 17.5. The molecule has 10 nitrogen and oxygen atoms in total. The number of nitrogens with zero attached hydrogens (tertiary/aromatic N) is 4. The average Bonchev–Trinajstić information content (AvgIpc) is 2.78. The maximum absolute atomic E-state index is 15.3. The minimum atomic E-state index is -3.86. The summed E-state index contributed by atoms with van der Waals surface area (Å²) in [5.41, 5.74) is -0.637. The minimum absolute atomic E-state index is 0.0145. The van der Waals surface area contributed by atoms with E-state index < -0.39 is 37.4 Å². The Morgan fingerprint density at radius 3 is 2.29 bits per heavy atom. The summed E-state index contributed by atoms with van der Waals surface area (Å²) >= 11 is 0. The fourth-order valence-corrected chi connectivity index (χ4v) is 6.35. The standard InChI is InChI=1S/C24H29F2N5O5S2/c1-14-10-18(24(2,3)36-38(5,34)35)17-11-15(12-19(25)22(17)28-14)21-20(26)13-27-23(30-21)29-16-6-8-31(9-7-16)37(4,32)33/h10-13,16H,6-9H2,1-5H3,(H,27,29,30). The third kappa shape index (κ3) is 6.25. The third-order valence-corrected chi connectivity index (χ3v) is 8.30. The molecular weight excluding hydrogens is 540 g/mol. The minimum Gasteiger partial charge on any atom is -0.351 e. The van der Waals surface area contributed by atoms with Crippen LogP contribution in [0.2, 0.25) is 0 Å². The normalized spacial score (nSPS) is 16.2. The number of aryl methyl sites for hydroxylation is 1. The van der Waals surface area contributed by atoms with Crippen LogP contribution in [0.25, 0.3) is 22.2 Å². The molecule has 4 rings (SSSR count). The van der Waals surface area contributed by atoms with Crippen LogP contribution in [0.3, 0.4) is 0 Å². The molecule has 1 aliphatic heterocycles. The smallest absolute Gasteiger partial charge is 0.265 e. The van der Waals surface area contributed by atoms with E-state index in [0.29, 0.717) is 37.2 Å². The number of halogens is 2. The maximum Gasteiger partial charge on any atom is 0.265 e. The first-order valence-corrected chi connectivity index (χ1v) is 15.5. The number of rotatable bonds is 7. The maximum atomic E-state index is 15.3. The Labute approximate surface area is 220 Å². The zero-order valence-electron chi connectivity index (χ0n) is 21.6. The zero-order chi connectivity index (χ0) is 28.0. The van der Waals surface area contributed by atoms with Gasteiger partial charge in [0, 0.05) is 35.8 Å². The summed E-state index contributed by atoms with van der Waals surface area (Å²) in [4.78, 5) is 12.5. The van der Waals surface area contributed by atoms with Gasteiger partial charge in [-0.1, -0.05) is 0 Å². The molecular formula is C24H29F2N5O5S2. The summed E-state index contributed by atoms with van der Waals surface area (Å²) in [6.45, 7) is 5.39. The van der Waals surface area contributed by atoms with E-state index in [1.807, 2.05) is 0 Å². The van der Waals surface area contributed by atoms with Gasteiger partial charge in [0.1, 0.15) is 22.6 Å². The average molecular weight is 570 g/mol. The third-order valence-electron chi connectivity index (χ3n) is 6.28. The number of hydrogen-bond acceptors (Lipinski definition) is 9. The number of nitrogens with one attached hydrogen (secondary N) is 1. The van der Waals surface area contributed by atoms with E-state index in [1.165, 1.54) is 24.2 Å².